The average Bonchev–Trinajstić information content (AvgIpc) is 3.52. The summed E-state index contributed by atoms with van der Waals surface area (Å²) in [6.45, 7) is 5.81. The van der Waals surface area contributed by atoms with Gasteiger partial charge in [0.2, 0.25) is 0 Å². The number of nitrogens with one attached hydrogen (secondary N) is 1. The third-order valence-corrected chi connectivity index (χ3v) is 6.93. The van der Waals surface area contributed by atoms with Gasteiger partial charge in [0.15, 0.2) is 5.82 Å². The van der Waals surface area contributed by atoms with E-state index in [9.17, 15) is 4.79 Å². The minimum Gasteiger partial charge on any atom is -0.497 e. The molecule has 0 bridgehead atoms. The molecule has 0 saturated heterocycles. The first-order valence-corrected chi connectivity index (χ1v) is 12.3. The number of nitrogens with zero attached hydrogens (tertiary/aromatic N) is 5. The molecule has 0 unspecified atom stereocenters. The average molecular weight is 473 g/mol. The van der Waals surface area contributed by atoms with E-state index in [1.807, 2.05) is 29.8 Å². The Balaban J connectivity index is 1.47. The van der Waals surface area contributed by atoms with Crippen LogP contribution in [0.4, 0.5) is 0 Å². The molecule has 1 saturated carbocycles. The Kier molecular flexibility index (Phi) is 6.63. The molecule has 1 aliphatic rings. The van der Waals surface area contributed by atoms with E-state index in [4.69, 9.17) is 4.74 Å². The number of pyridine rings is 1. The van der Waals surface area contributed by atoms with Gasteiger partial charge in [-0.25, -0.2) is 4.68 Å². The topological polar surface area (TPSA) is 88.9 Å². The van der Waals surface area contributed by atoms with Crippen LogP contribution in [0.25, 0.3) is 10.9 Å². The number of tetrazole rings is 1. The van der Waals surface area contributed by atoms with Gasteiger partial charge in [-0.3, -0.25) is 9.69 Å². The molecular formula is C27H32N6O2. The molecule has 1 N–H and O–H groups in total. The maximum atomic E-state index is 13.1. The first-order valence-electron chi connectivity index (χ1n) is 12.3. The second-order valence-corrected chi connectivity index (χ2v) is 9.64. The van der Waals surface area contributed by atoms with Crippen molar-refractivity contribution >= 4 is 10.9 Å². The van der Waals surface area contributed by atoms with Crippen molar-refractivity contribution in [2.24, 2.45) is 0 Å². The van der Waals surface area contributed by atoms with Gasteiger partial charge in [0.05, 0.1) is 25.2 Å². The Morgan fingerprint density at radius 1 is 1.06 bits per heavy atom. The summed E-state index contributed by atoms with van der Waals surface area (Å²) in [5.74, 6) is 1.66. The number of H-pyrrole nitrogens is 1. The lowest BCUT2D eigenvalue weighted by molar-refractivity contribution is 0.231. The molecule has 0 radical (unpaired) electrons. The molecule has 2 aromatic heterocycles. The van der Waals surface area contributed by atoms with Crippen LogP contribution in [0.1, 0.15) is 59.8 Å². The number of methoxy groups -OCH3 is 1. The fourth-order valence-corrected chi connectivity index (χ4v) is 5.20. The fourth-order valence-electron chi connectivity index (χ4n) is 5.20. The van der Waals surface area contributed by atoms with Crippen LogP contribution in [-0.2, 0) is 19.6 Å². The second kappa shape index (κ2) is 10.00. The Morgan fingerprint density at radius 3 is 2.57 bits per heavy atom. The van der Waals surface area contributed by atoms with Gasteiger partial charge in [0.1, 0.15) is 5.75 Å². The molecule has 0 amide bonds. The molecule has 35 heavy (non-hydrogen) atoms. The standard InChI is InChI=1S/C27H32N6O2/c1-18-12-19(2)26-21(13-18)14-22(27(34)28-26)16-32(15-20-8-10-24(35-3)11-9-20)17-25-29-30-31-33(25)23-6-4-5-7-23/h8-14,23H,4-7,15-17H2,1-3H3,(H,28,34). The summed E-state index contributed by atoms with van der Waals surface area (Å²) in [5, 5.41) is 13.7. The van der Waals surface area contributed by atoms with E-state index in [2.05, 4.69) is 56.6 Å². The van der Waals surface area contributed by atoms with Crippen molar-refractivity contribution in [3.63, 3.8) is 0 Å². The summed E-state index contributed by atoms with van der Waals surface area (Å²) in [5.41, 5.74) is 4.97. The summed E-state index contributed by atoms with van der Waals surface area (Å²) >= 11 is 0. The van der Waals surface area contributed by atoms with Gasteiger partial charge >= 0.3 is 0 Å². The van der Waals surface area contributed by atoms with Crippen LogP contribution in [-0.4, -0.2) is 37.2 Å². The minimum absolute atomic E-state index is 0.0560. The van der Waals surface area contributed by atoms with Gasteiger partial charge in [-0.05, 0) is 77.9 Å². The molecule has 8 heteroatoms. The molecule has 4 aromatic rings. The highest BCUT2D eigenvalue weighted by Gasteiger charge is 2.23. The highest BCUT2D eigenvalue weighted by atomic mass is 16.5. The first-order chi connectivity index (χ1) is 17.0. The van der Waals surface area contributed by atoms with E-state index in [1.165, 1.54) is 18.4 Å². The number of benzene rings is 2. The SMILES string of the molecule is COc1ccc(CN(Cc2cc3cc(C)cc(C)c3[nH]c2=O)Cc2nnnn2C2CCCC2)cc1. The van der Waals surface area contributed by atoms with Crippen molar-refractivity contribution in [3.05, 3.63) is 80.9 Å². The van der Waals surface area contributed by atoms with Crippen LogP contribution < -0.4 is 10.3 Å². The summed E-state index contributed by atoms with van der Waals surface area (Å²) < 4.78 is 7.31. The monoisotopic (exact) mass is 472 g/mol. The Bertz CT molecular complexity index is 1370. The zero-order valence-corrected chi connectivity index (χ0v) is 20.6. The zero-order valence-electron chi connectivity index (χ0n) is 20.6. The summed E-state index contributed by atoms with van der Waals surface area (Å²) in [6, 6.07) is 14.6. The molecular weight excluding hydrogens is 440 g/mol. The summed E-state index contributed by atoms with van der Waals surface area (Å²) in [6.07, 6.45) is 4.65. The molecule has 1 aliphatic carbocycles. The quantitative estimate of drug-likeness (QED) is 0.407. The van der Waals surface area contributed by atoms with Crippen molar-refractivity contribution < 1.29 is 4.74 Å². The van der Waals surface area contributed by atoms with Crippen LogP contribution in [0.15, 0.2) is 47.3 Å². The molecule has 2 heterocycles. The van der Waals surface area contributed by atoms with Crippen molar-refractivity contribution in [1.82, 2.24) is 30.1 Å². The number of aryl methyl sites for hydroxylation is 2. The van der Waals surface area contributed by atoms with Crippen LogP contribution in [0.3, 0.4) is 0 Å². The molecule has 8 nitrogen and oxygen atoms in total. The lowest BCUT2D eigenvalue weighted by Crippen LogP contribution is -2.28. The van der Waals surface area contributed by atoms with E-state index in [0.29, 0.717) is 25.7 Å². The van der Waals surface area contributed by atoms with Gasteiger partial charge in [-0.2, -0.15) is 0 Å². The van der Waals surface area contributed by atoms with Gasteiger partial charge in [0.25, 0.3) is 5.56 Å². The number of aromatic amines is 1. The lowest BCUT2D eigenvalue weighted by atomic mass is 10.0. The number of hydrogen-bond acceptors (Lipinski definition) is 6. The van der Waals surface area contributed by atoms with E-state index in [-0.39, 0.29) is 5.56 Å². The van der Waals surface area contributed by atoms with Gasteiger partial charge in [0, 0.05) is 18.7 Å². The molecule has 0 atom stereocenters. The normalized spacial score (nSPS) is 14.3. The zero-order chi connectivity index (χ0) is 24.4. The minimum atomic E-state index is -0.0560. The smallest absolute Gasteiger partial charge is 0.252 e. The molecule has 0 spiro atoms. The number of hydrogen-bond donors (Lipinski definition) is 1. The Labute approximate surface area is 204 Å². The van der Waals surface area contributed by atoms with Crippen molar-refractivity contribution in [2.75, 3.05) is 7.11 Å². The fraction of sp³-hybridized carbons (Fsp3) is 0.407. The van der Waals surface area contributed by atoms with Gasteiger partial charge in [-0.1, -0.05) is 36.6 Å². The van der Waals surface area contributed by atoms with Crippen LogP contribution >= 0.6 is 0 Å². The highest BCUT2D eigenvalue weighted by Crippen LogP contribution is 2.29. The molecule has 5 rings (SSSR count). The molecule has 1 fully saturated rings. The molecule has 2 aromatic carbocycles. The number of aromatic nitrogens is 5. The van der Waals surface area contributed by atoms with Crippen molar-refractivity contribution in [2.45, 2.75) is 65.2 Å². The Hall–Kier alpha value is -3.52. The predicted octanol–water partition coefficient (Wildman–Crippen LogP) is 4.46. The predicted molar refractivity (Wildman–Crippen MR) is 135 cm³/mol. The third kappa shape index (κ3) is 5.12. The van der Waals surface area contributed by atoms with Crippen LogP contribution in [0.2, 0.25) is 0 Å². The largest absolute Gasteiger partial charge is 0.497 e. The van der Waals surface area contributed by atoms with Crippen LogP contribution in [0.5, 0.6) is 5.75 Å². The maximum absolute atomic E-state index is 13.1. The maximum Gasteiger partial charge on any atom is 0.252 e. The van der Waals surface area contributed by atoms with Crippen molar-refractivity contribution in [3.8, 4) is 5.75 Å². The van der Waals surface area contributed by atoms with Gasteiger partial charge < -0.3 is 9.72 Å². The second-order valence-electron chi connectivity index (χ2n) is 9.64. The molecule has 182 valence electrons. The summed E-state index contributed by atoms with van der Waals surface area (Å²) in [4.78, 5) is 18.4. The highest BCUT2D eigenvalue weighted by molar-refractivity contribution is 5.82. The van der Waals surface area contributed by atoms with E-state index in [0.717, 1.165) is 52.0 Å². The number of ether oxygens (including phenoxy) is 1. The van der Waals surface area contributed by atoms with E-state index < -0.39 is 0 Å². The van der Waals surface area contributed by atoms with Crippen LogP contribution in [0, 0.1) is 13.8 Å². The van der Waals surface area contributed by atoms with Gasteiger partial charge in [-0.15, -0.1) is 5.10 Å². The van der Waals surface area contributed by atoms with E-state index >= 15 is 0 Å². The first kappa shape index (κ1) is 23.2. The third-order valence-electron chi connectivity index (χ3n) is 6.93. The summed E-state index contributed by atoms with van der Waals surface area (Å²) in [7, 11) is 1.67. The van der Waals surface area contributed by atoms with E-state index in [1.54, 1.807) is 7.11 Å². The Morgan fingerprint density at radius 2 is 1.83 bits per heavy atom. The number of fused-ring (bicyclic) bond motifs is 1. The lowest BCUT2D eigenvalue weighted by Gasteiger charge is -2.23. The number of rotatable bonds is 8. The molecule has 0 aliphatic heterocycles. The van der Waals surface area contributed by atoms with Crippen molar-refractivity contribution in [1.29, 1.82) is 0 Å².